The number of aliphatic imine (C=N–C) groups is 2. The molecule has 1 aliphatic carbocycles. The van der Waals surface area contributed by atoms with Gasteiger partial charge >= 0.3 is 5.97 Å². The minimum absolute atomic E-state index is 0.00524. The number of carbonyl (C=O) groups is 5. The Balaban J connectivity index is 1.39. The van der Waals surface area contributed by atoms with E-state index in [1.165, 1.54) is 4.90 Å². The number of nitrogens with one attached hydrogen (secondary N) is 2. The molecule has 56 heavy (non-hydrogen) atoms. The van der Waals surface area contributed by atoms with E-state index in [2.05, 4.69) is 20.6 Å². The normalized spacial score (nSPS) is 24.1. The molecule has 1 unspecified atom stereocenters. The number of guanidine groups is 1. The summed E-state index contributed by atoms with van der Waals surface area (Å²) in [5.41, 5.74) is 15.0. The highest BCUT2D eigenvalue weighted by atomic mass is 16.6. The Labute approximate surface area is 326 Å². The highest BCUT2D eigenvalue weighted by Crippen LogP contribution is 2.44. The number of carboxylic acid groups (broad SMARTS) is 1. The standard InChI is InChI=1S/C41H53N7O8/c1-2-3-17-32-36(50)45-31(19-10-21-44-40(42)43)35(49)23-25(39(53)54)12-4-9-18-33(38(52)48-22-11-20-34(48)37(51)46-32)47-41(55)56-24-30-28-15-7-5-13-26(28)27-14-6-8-16-29(27)30/h2-3,5-8,13-16,25,30-34H,4,9-12,17-24H2,1H3,(H,45,50)(H,46,51)(H,47,55)(H,53,54)(H4,42,43,44)/p-1/b3-2+/t25-,31+,32+,33+,34?/m1/s1. The van der Waals surface area contributed by atoms with Gasteiger partial charge in [0.15, 0.2) is 11.7 Å². The molecule has 5 atom stereocenters. The van der Waals surface area contributed by atoms with Crippen LogP contribution in [0.5, 0.6) is 0 Å². The average Bonchev–Trinajstić information content (AvgIpc) is 3.80. The van der Waals surface area contributed by atoms with E-state index in [-0.39, 0.29) is 63.7 Å². The fourth-order valence-corrected chi connectivity index (χ4v) is 7.78. The number of nitrogens with zero attached hydrogens (tertiary/aromatic N) is 3. The lowest BCUT2D eigenvalue weighted by molar-refractivity contribution is -0.251. The maximum Gasteiger partial charge on any atom is 0.306 e. The van der Waals surface area contributed by atoms with E-state index in [9.17, 15) is 34.2 Å². The van der Waals surface area contributed by atoms with Crippen molar-refractivity contribution in [1.29, 1.82) is 0 Å². The molecule has 300 valence electrons. The molecule has 15 heteroatoms. The number of amides is 3. The summed E-state index contributed by atoms with van der Waals surface area (Å²) in [6.07, 6.45) is 4.38. The van der Waals surface area contributed by atoms with E-state index in [0.29, 0.717) is 32.1 Å². The van der Waals surface area contributed by atoms with Crippen LogP contribution in [-0.4, -0.2) is 95.4 Å². The van der Waals surface area contributed by atoms with Gasteiger partial charge in [0.05, 0.1) is 12.0 Å². The predicted molar refractivity (Wildman–Crippen MR) is 208 cm³/mol. The number of ether oxygens (including phenoxy) is 1. The van der Waals surface area contributed by atoms with Crippen LogP contribution < -0.4 is 27.2 Å². The van der Waals surface area contributed by atoms with Crippen molar-refractivity contribution in [2.24, 2.45) is 27.4 Å². The molecule has 5 rings (SSSR count). The Bertz CT molecular complexity index is 1800. The molecular weight excluding hydrogens is 718 g/mol. The number of hydrogen-bond donors (Lipinski definition) is 5. The van der Waals surface area contributed by atoms with Crippen LogP contribution in [0.4, 0.5) is 0 Å². The molecule has 15 nitrogen and oxygen atoms in total. The maximum atomic E-state index is 14.2. The summed E-state index contributed by atoms with van der Waals surface area (Å²) in [6, 6.07) is 11.5. The van der Waals surface area contributed by atoms with E-state index >= 15 is 0 Å². The number of nitrogens with two attached hydrogens (primary N) is 2. The zero-order valence-electron chi connectivity index (χ0n) is 31.7. The fraction of sp³-hybridized carbons (Fsp3) is 0.488. The van der Waals surface area contributed by atoms with E-state index in [0.717, 1.165) is 22.3 Å². The van der Waals surface area contributed by atoms with Gasteiger partial charge in [0.2, 0.25) is 17.7 Å². The van der Waals surface area contributed by atoms with Crippen LogP contribution in [0, 0.1) is 5.92 Å². The zero-order valence-corrected chi connectivity index (χ0v) is 31.7. The first-order valence-corrected chi connectivity index (χ1v) is 19.4. The number of Topliss-reactive ketones (excluding diaryl/α,β-unsaturated/α-hetero) is 1. The molecule has 2 aromatic carbocycles. The van der Waals surface area contributed by atoms with Gasteiger partial charge in [-0.2, -0.15) is 0 Å². The molecule has 3 amide bonds. The Morgan fingerprint density at radius 1 is 0.946 bits per heavy atom. The van der Waals surface area contributed by atoms with Crippen molar-refractivity contribution in [2.45, 2.75) is 101 Å². The molecular formula is C41H52N7O8-. The highest BCUT2D eigenvalue weighted by Gasteiger charge is 2.39. The summed E-state index contributed by atoms with van der Waals surface area (Å²) in [4.78, 5) is 77.2. The Hall–Kier alpha value is -5.73. The predicted octanol–water partition coefficient (Wildman–Crippen LogP) is 2.11. The second-order valence-corrected chi connectivity index (χ2v) is 14.5. The number of hydrogen-bond acceptors (Lipinski definition) is 9. The summed E-state index contributed by atoms with van der Waals surface area (Å²) in [5, 5.41) is 29.0. The molecule has 0 radical (unpaired) electrons. The molecule has 2 aromatic rings. The largest absolute Gasteiger partial charge is 0.599 e. The van der Waals surface area contributed by atoms with E-state index in [1.54, 1.807) is 19.1 Å². The molecule has 3 aliphatic rings. The van der Waals surface area contributed by atoms with Crippen LogP contribution in [-0.2, 0) is 28.7 Å². The van der Waals surface area contributed by atoms with Crippen LogP contribution in [0.1, 0.15) is 88.2 Å². The van der Waals surface area contributed by atoms with Crippen LogP contribution in [0.2, 0.25) is 0 Å². The van der Waals surface area contributed by atoms with E-state index in [1.807, 2.05) is 48.5 Å². The minimum Gasteiger partial charge on any atom is -0.599 e. The molecule has 2 heterocycles. The van der Waals surface area contributed by atoms with E-state index < -0.39 is 65.6 Å². The molecule has 0 aromatic heterocycles. The van der Waals surface area contributed by atoms with Crippen molar-refractivity contribution >= 4 is 41.5 Å². The van der Waals surface area contributed by atoms with Gasteiger partial charge in [0.1, 0.15) is 24.2 Å². The highest BCUT2D eigenvalue weighted by molar-refractivity contribution is 5.96. The molecule has 2 saturated heterocycles. The van der Waals surface area contributed by atoms with Gasteiger partial charge in [0.25, 0.3) is 0 Å². The third-order valence-corrected chi connectivity index (χ3v) is 10.7. The summed E-state index contributed by atoms with van der Waals surface area (Å²) in [7, 11) is 0. The van der Waals surface area contributed by atoms with Crippen molar-refractivity contribution in [1.82, 2.24) is 15.5 Å². The smallest absolute Gasteiger partial charge is 0.306 e. The lowest BCUT2D eigenvalue weighted by atomic mass is 9.91. The summed E-state index contributed by atoms with van der Waals surface area (Å²) < 4.78 is 5.72. The summed E-state index contributed by atoms with van der Waals surface area (Å²) in [5.74, 6) is -4.76. The number of benzene rings is 2. The third kappa shape index (κ3) is 10.5. The van der Waals surface area contributed by atoms with E-state index in [4.69, 9.17) is 16.2 Å². The first kappa shape index (κ1) is 41.4. The van der Waals surface area contributed by atoms with Crippen LogP contribution in [0.25, 0.3) is 11.1 Å². The number of carboxylic acids is 1. The van der Waals surface area contributed by atoms with Crippen molar-refractivity contribution in [3.8, 4) is 11.1 Å². The van der Waals surface area contributed by atoms with Crippen molar-refractivity contribution in [3.63, 3.8) is 0 Å². The first-order chi connectivity index (χ1) is 27.0. The molecule has 0 bridgehead atoms. The SMILES string of the molecule is C/C=C/C[C@@H]1NC(=O)C2CCCN2C(=O)[C@@H](N=C([O-])OCC2c3ccccc3-c3ccccc32)CCCC[C@@H](C(=O)O)CC(=O)[C@H](CCCN=C(N)N)NC1=O. The zero-order chi connectivity index (χ0) is 40.2. The van der Waals surface area contributed by atoms with Crippen LogP contribution >= 0.6 is 0 Å². The second-order valence-electron chi connectivity index (χ2n) is 14.5. The van der Waals surface area contributed by atoms with Crippen molar-refractivity contribution < 1.29 is 38.9 Å². The van der Waals surface area contributed by atoms with Gasteiger partial charge in [-0.1, -0.05) is 73.5 Å². The number of rotatable bonds is 10. The van der Waals surface area contributed by atoms with Gasteiger partial charge in [0, 0.05) is 32.0 Å². The Kier molecular flexibility index (Phi) is 14.6. The van der Waals surface area contributed by atoms with Gasteiger partial charge < -0.3 is 42.0 Å². The summed E-state index contributed by atoms with van der Waals surface area (Å²) in [6.45, 7) is 2.20. The molecule has 0 spiro atoms. The molecule has 2 aliphatic heterocycles. The first-order valence-electron chi connectivity index (χ1n) is 19.4. The topological polar surface area (TPSA) is 242 Å². The lowest BCUT2D eigenvalue weighted by Crippen LogP contribution is -2.56. The Morgan fingerprint density at radius 2 is 1.61 bits per heavy atom. The molecule has 2 fully saturated rings. The minimum atomic E-state index is -1.20. The monoisotopic (exact) mass is 770 g/mol. The van der Waals surface area contributed by atoms with Crippen LogP contribution in [0.15, 0.2) is 70.7 Å². The van der Waals surface area contributed by atoms with Gasteiger partial charge in [-0.15, -0.1) is 0 Å². The number of aliphatic carboxylic acids is 1. The third-order valence-electron chi connectivity index (χ3n) is 10.7. The average molecular weight is 771 g/mol. The molecule has 7 N–H and O–H groups in total. The number of fused-ring (bicyclic) bond motifs is 4. The fourth-order valence-electron chi connectivity index (χ4n) is 7.78. The lowest BCUT2D eigenvalue weighted by Gasteiger charge is -2.29. The number of carbonyl (C=O) groups excluding carboxylic acids is 4. The van der Waals surface area contributed by atoms with Gasteiger partial charge in [-0.25, -0.2) is 0 Å². The number of allylic oxidation sites excluding steroid dienone is 1. The Morgan fingerprint density at radius 3 is 2.27 bits per heavy atom. The summed E-state index contributed by atoms with van der Waals surface area (Å²) >= 11 is 0. The van der Waals surface area contributed by atoms with Gasteiger partial charge in [-0.05, 0) is 74.1 Å². The maximum absolute atomic E-state index is 14.2. The van der Waals surface area contributed by atoms with Crippen molar-refractivity contribution in [2.75, 3.05) is 19.7 Å². The molecule has 0 saturated carbocycles. The van der Waals surface area contributed by atoms with Crippen molar-refractivity contribution in [3.05, 3.63) is 71.8 Å². The van der Waals surface area contributed by atoms with Crippen LogP contribution in [0.3, 0.4) is 0 Å². The second kappa shape index (κ2) is 19.7. The van der Waals surface area contributed by atoms with Gasteiger partial charge in [-0.3, -0.25) is 34.0 Å². The quantitative estimate of drug-likeness (QED) is 0.102. The number of ketones is 1.